The van der Waals surface area contributed by atoms with Crippen LogP contribution in [0.5, 0.6) is 0 Å². The molecule has 1 aliphatic heterocycles. The highest BCUT2D eigenvalue weighted by molar-refractivity contribution is 5.90. The van der Waals surface area contributed by atoms with E-state index < -0.39 is 11.6 Å². The lowest BCUT2D eigenvalue weighted by molar-refractivity contribution is -0.116. The SMILES string of the molecule is O=C(CCC1CCOCC1)Nc1cc(F)ccc1F. The number of anilines is 1. The van der Waals surface area contributed by atoms with Crippen LogP contribution in [0.4, 0.5) is 14.5 Å². The average Bonchev–Trinajstić information content (AvgIpc) is 2.42. The molecule has 0 radical (unpaired) electrons. The van der Waals surface area contributed by atoms with Crippen LogP contribution in [0.15, 0.2) is 18.2 Å². The van der Waals surface area contributed by atoms with Crippen molar-refractivity contribution in [2.45, 2.75) is 25.7 Å². The zero-order valence-corrected chi connectivity index (χ0v) is 10.6. The van der Waals surface area contributed by atoms with Gasteiger partial charge in [-0.25, -0.2) is 8.78 Å². The van der Waals surface area contributed by atoms with Crippen molar-refractivity contribution in [3.8, 4) is 0 Å². The van der Waals surface area contributed by atoms with E-state index in [1.54, 1.807) is 0 Å². The summed E-state index contributed by atoms with van der Waals surface area (Å²) >= 11 is 0. The summed E-state index contributed by atoms with van der Waals surface area (Å²) in [5.41, 5.74) is -0.100. The Kier molecular flexibility index (Phi) is 4.85. The van der Waals surface area contributed by atoms with Crippen LogP contribution in [0.25, 0.3) is 0 Å². The molecule has 1 aromatic carbocycles. The molecule has 1 aromatic rings. The average molecular weight is 269 g/mol. The molecule has 104 valence electrons. The second-order valence-corrected chi connectivity index (χ2v) is 4.77. The van der Waals surface area contributed by atoms with Gasteiger partial charge in [-0.15, -0.1) is 0 Å². The lowest BCUT2D eigenvalue weighted by Gasteiger charge is -2.21. The summed E-state index contributed by atoms with van der Waals surface area (Å²) in [7, 11) is 0. The normalized spacial score (nSPS) is 16.3. The zero-order chi connectivity index (χ0) is 13.7. The monoisotopic (exact) mass is 269 g/mol. The van der Waals surface area contributed by atoms with E-state index in [9.17, 15) is 13.6 Å². The van der Waals surface area contributed by atoms with Gasteiger partial charge in [0.05, 0.1) is 5.69 Å². The Morgan fingerprint density at radius 3 is 2.79 bits per heavy atom. The van der Waals surface area contributed by atoms with Crippen molar-refractivity contribution >= 4 is 11.6 Å². The fourth-order valence-corrected chi connectivity index (χ4v) is 2.18. The van der Waals surface area contributed by atoms with Crippen molar-refractivity contribution in [1.29, 1.82) is 0 Å². The molecule has 5 heteroatoms. The van der Waals surface area contributed by atoms with E-state index in [0.717, 1.165) is 50.7 Å². The number of carbonyl (C=O) groups excluding carboxylic acids is 1. The summed E-state index contributed by atoms with van der Waals surface area (Å²) in [5, 5.41) is 2.41. The topological polar surface area (TPSA) is 38.3 Å². The van der Waals surface area contributed by atoms with Gasteiger partial charge in [0.2, 0.25) is 5.91 Å². The third-order valence-electron chi connectivity index (χ3n) is 3.32. The maximum absolute atomic E-state index is 13.3. The fraction of sp³-hybridized carbons (Fsp3) is 0.500. The Morgan fingerprint density at radius 1 is 1.32 bits per heavy atom. The van der Waals surface area contributed by atoms with Gasteiger partial charge >= 0.3 is 0 Å². The molecule has 1 heterocycles. The second-order valence-electron chi connectivity index (χ2n) is 4.77. The van der Waals surface area contributed by atoms with Gasteiger partial charge in [-0.05, 0) is 37.3 Å². The third kappa shape index (κ3) is 4.28. The molecule has 0 aromatic heterocycles. The van der Waals surface area contributed by atoms with Crippen molar-refractivity contribution < 1.29 is 18.3 Å². The molecule has 1 aliphatic rings. The maximum Gasteiger partial charge on any atom is 0.224 e. The Morgan fingerprint density at radius 2 is 2.05 bits per heavy atom. The van der Waals surface area contributed by atoms with E-state index in [0.29, 0.717) is 12.3 Å². The van der Waals surface area contributed by atoms with Crippen molar-refractivity contribution in [3.05, 3.63) is 29.8 Å². The lowest BCUT2D eigenvalue weighted by atomic mass is 9.95. The van der Waals surface area contributed by atoms with E-state index in [1.165, 1.54) is 0 Å². The molecule has 1 amide bonds. The van der Waals surface area contributed by atoms with Crippen molar-refractivity contribution in [2.24, 2.45) is 5.92 Å². The minimum atomic E-state index is -0.624. The van der Waals surface area contributed by atoms with E-state index in [4.69, 9.17) is 4.74 Å². The van der Waals surface area contributed by atoms with E-state index in [2.05, 4.69) is 5.32 Å². The summed E-state index contributed by atoms with van der Waals surface area (Å²) in [6, 6.07) is 3.01. The predicted molar refractivity (Wildman–Crippen MR) is 67.8 cm³/mol. The number of halogens is 2. The minimum absolute atomic E-state index is 0.100. The summed E-state index contributed by atoms with van der Waals surface area (Å²) in [4.78, 5) is 11.7. The molecule has 1 fully saturated rings. The molecular weight excluding hydrogens is 252 g/mol. The zero-order valence-electron chi connectivity index (χ0n) is 10.6. The van der Waals surface area contributed by atoms with Gasteiger partial charge in [0.1, 0.15) is 11.6 Å². The first-order valence-corrected chi connectivity index (χ1v) is 6.48. The Labute approximate surface area is 111 Å². The number of ether oxygens (including phenoxy) is 1. The van der Waals surface area contributed by atoms with Crippen LogP contribution >= 0.6 is 0 Å². The highest BCUT2D eigenvalue weighted by atomic mass is 19.1. The van der Waals surface area contributed by atoms with Crippen LogP contribution < -0.4 is 5.32 Å². The Hall–Kier alpha value is -1.49. The van der Waals surface area contributed by atoms with Crippen LogP contribution in [-0.2, 0) is 9.53 Å². The van der Waals surface area contributed by atoms with Gasteiger partial charge in [0.15, 0.2) is 0 Å². The maximum atomic E-state index is 13.3. The van der Waals surface area contributed by atoms with Crippen molar-refractivity contribution in [2.75, 3.05) is 18.5 Å². The molecule has 2 rings (SSSR count). The summed E-state index contributed by atoms with van der Waals surface area (Å²) in [6.45, 7) is 1.48. The molecule has 0 aliphatic carbocycles. The number of nitrogens with one attached hydrogen (secondary N) is 1. The molecule has 0 spiro atoms. The first-order chi connectivity index (χ1) is 9.15. The second kappa shape index (κ2) is 6.61. The minimum Gasteiger partial charge on any atom is -0.381 e. The van der Waals surface area contributed by atoms with Crippen LogP contribution in [0, 0.1) is 17.6 Å². The molecule has 0 saturated carbocycles. The molecule has 0 bridgehead atoms. The molecule has 1 N–H and O–H groups in total. The van der Waals surface area contributed by atoms with Crippen molar-refractivity contribution in [3.63, 3.8) is 0 Å². The first-order valence-electron chi connectivity index (χ1n) is 6.48. The summed E-state index contributed by atoms with van der Waals surface area (Å²) in [5.74, 6) is -0.991. The van der Waals surface area contributed by atoms with Gasteiger partial charge in [-0.1, -0.05) is 0 Å². The number of carbonyl (C=O) groups is 1. The van der Waals surface area contributed by atoms with Gasteiger partial charge < -0.3 is 10.1 Å². The van der Waals surface area contributed by atoms with Crippen LogP contribution in [0.2, 0.25) is 0 Å². The quantitative estimate of drug-likeness (QED) is 0.912. The third-order valence-corrected chi connectivity index (χ3v) is 3.32. The highest BCUT2D eigenvalue weighted by Crippen LogP contribution is 2.21. The van der Waals surface area contributed by atoms with Crippen LogP contribution in [0.1, 0.15) is 25.7 Å². The van der Waals surface area contributed by atoms with Crippen LogP contribution in [-0.4, -0.2) is 19.1 Å². The number of hydrogen-bond acceptors (Lipinski definition) is 2. The smallest absolute Gasteiger partial charge is 0.224 e. The van der Waals surface area contributed by atoms with E-state index in [-0.39, 0.29) is 11.6 Å². The lowest BCUT2D eigenvalue weighted by Crippen LogP contribution is -2.19. The first kappa shape index (κ1) is 13.9. The number of amides is 1. The molecule has 1 saturated heterocycles. The number of rotatable bonds is 4. The Balaban J connectivity index is 1.81. The largest absolute Gasteiger partial charge is 0.381 e. The van der Waals surface area contributed by atoms with E-state index >= 15 is 0 Å². The molecular formula is C14H17F2NO2. The molecule has 19 heavy (non-hydrogen) atoms. The molecule has 3 nitrogen and oxygen atoms in total. The Bertz CT molecular complexity index is 445. The van der Waals surface area contributed by atoms with Gasteiger partial charge in [0, 0.05) is 25.7 Å². The van der Waals surface area contributed by atoms with Gasteiger partial charge in [0.25, 0.3) is 0 Å². The van der Waals surface area contributed by atoms with Gasteiger partial charge in [-0.2, -0.15) is 0 Å². The molecule has 0 atom stereocenters. The standard InChI is InChI=1S/C14H17F2NO2/c15-11-2-3-12(16)13(9-11)17-14(18)4-1-10-5-7-19-8-6-10/h2-3,9-10H,1,4-8H2,(H,17,18). The summed E-state index contributed by atoms with van der Waals surface area (Å²) in [6.07, 6.45) is 3.00. The van der Waals surface area contributed by atoms with E-state index in [1.807, 2.05) is 0 Å². The predicted octanol–water partition coefficient (Wildman–Crippen LogP) is 3.11. The van der Waals surface area contributed by atoms with Crippen molar-refractivity contribution in [1.82, 2.24) is 0 Å². The summed E-state index contributed by atoms with van der Waals surface area (Å²) < 4.78 is 31.5. The number of hydrogen-bond donors (Lipinski definition) is 1. The highest BCUT2D eigenvalue weighted by Gasteiger charge is 2.15. The van der Waals surface area contributed by atoms with Gasteiger partial charge in [-0.3, -0.25) is 4.79 Å². The number of benzene rings is 1. The van der Waals surface area contributed by atoms with Crippen LogP contribution in [0.3, 0.4) is 0 Å². The molecule has 0 unspecified atom stereocenters. The fourth-order valence-electron chi connectivity index (χ4n) is 2.18.